The number of ether oxygens (including phenoxy) is 7. The number of phenols is 3. The zero-order chi connectivity index (χ0) is 86.6. The number of fused-ring (bicyclic) bond motifs is 15. The molecule has 12 unspecified atom stereocenters. The first kappa shape index (κ1) is 88.0. The van der Waals surface area contributed by atoms with Crippen LogP contribution in [0.5, 0.6) is 46.0 Å². The Bertz CT molecular complexity index is 5050. The fourth-order valence-electron chi connectivity index (χ4n) is 14.8. The second-order valence-corrected chi connectivity index (χ2v) is 31.0. The predicted octanol–water partition coefficient (Wildman–Crippen LogP) is 3.07. The van der Waals surface area contributed by atoms with Crippen LogP contribution in [0.15, 0.2) is 133 Å². The summed E-state index contributed by atoms with van der Waals surface area (Å²) in [5, 5.41) is 147. The Morgan fingerprint density at radius 1 is 0.667 bits per heavy atom. The van der Waals surface area contributed by atoms with Gasteiger partial charge in [0.2, 0.25) is 53.4 Å². The van der Waals surface area contributed by atoms with E-state index in [9.17, 15) is 84.9 Å². The summed E-state index contributed by atoms with van der Waals surface area (Å²) in [6, 6.07) is 15.7. The lowest BCUT2D eigenvalue weighted by Gasteiger charge is -2.48. The molecule has 14 rings (SSSR count). The molecule has 7 aromatic rings. The van der Waals surface area contributed by atoms with Crippen molar-refractivity contribution in [3.05, 3.63) is 177 Å². The number of hydrogen-bond donors (Lipinski definition) is 20. The van der Waals surface area contributed by atoms with Gasteiger partial charge in [-0.3, -0.25) is 33.6 Å². The smallest absolute Gasteiger partial charge is 0.334 e. The SMILES string of the molecule is CN[C@H](CC(C)C)C(=O)NC1C(=O)N[C@@H](CC(N)=O)C(=O)N[C@H]2C(=O)NC3C(=O)N[C@H](C(=O)N[C@@H](C(=O)O)c4cc(O)cc(O)c4-c4cc3ccc4O)[C@H](O)c3ccc(c(Cl)c3)Oc3cc2cc(c3OC2OC(CO)C(O)C(O)C2OC2CC(C)(NCC(OCc3ccc(-c4ccccc4)cc3)C(=O)O)C(O)C(C)O2)Oc2ccc(cc2Cl)[C@H]1O. The Labute approximate surface area is 694 Å². The van der Waals surface area contributed by atoms with Crippen LogP contribution in [0, 0.1) is 5.92 Å². The summed E-state index contributed by atoms with van der Waals surface area (Å²) >= 11 is 14.3. The van der Waals surface area contributed by atoms with Gasteiger partial charge in [0.05, 0.1) is 47.9 Å². The zero-order valence-corrected chi connectivity index (χ0v) is 66.2. The number of carbonyl (C=O) groups is 9. The number of aromatic hydroxyl groups is 3. The molecule has 638 valence electrons. The van der Waals surface area contributed by atoms with Crippen molar-refractivity contribution in [3.63, 3.8) is 0 Å². The lowest BCUT2D eigenvalue weighted by Crippen LogP contribution is -2.66. The van der Waals surface area contributed by atoms with E-state index in [-0.39, 0.29) is 47.8 Å². The van der Waals surface area contributed by atoms with Crippen LogP contribution in [0.3, 0.4) is 0 Å². The lowest BCUT2D eigenvalue weighted by molar-refractivity contribution is -0.334. The molecule has 2 saturated heterocycles. The molecule has 11 bridgehead atoms. The average molecular weight is 1700 g/mol. The minimum absolute atomic E-state index is 0.122. The molecule has 0 aromatic heterocycles. The molecule has 120 heavy (non-hydrogen) atoms. The molecule has 7 heterocycles. The van der Waals surface area contributed by atoms with Gasteiger partial charge in [-0.15, -0.1) is 0 Å². The maximum Gasteiger partial charge on any atom is 0.334 e. The van der Waals surface area contributed by atoms with Crippen LogP contribution >= 0.6 is 23.2 Å². The second kappa shape index (κ2) is 37.1. The van der Waals surface area contributed by atoms with Crippen molar-refractivity contribution in [2.75, 3.05) is 20.2 Å². The van der Waals surface area contributed by atoms with Gasteiger partial charge >= 0.3 is 11.9 Å². The summed E-state index contributed by atoms with van der Waals surface area (Å²) in [6.45, 7) is 5.03. The molecule has 7 aromatic carbocycles. The molecule has 38 heteroatoms. The number of amides is 7. The number of phenolic OH excluding ortho intramolecular Hbond substituents is 3. The highest BCUT2D eigenvalue weighted by Gasteiger charge is 2.53. The summed E-state index contributed by atoms with van der Waals surface area (Å²) in [5.74, 6) is -17.8. The van der Waals surface area contributed by atoms with E-state index >= 15 is 14.4 Å². The van der Waals surface area contributed by atoms with Crippen molar-refractivity contribution < 1.29 is 132 Å². The normalized spacial score (nSPS) is 26.8. The summed E-state index contributed by atoms with van der Waals surface area (Å²) in [5.41, 5.74) is 3.74. The van der Waals surface area contributed by atoms with Crippen molar-refractivity contribution in [1.82, 2.24) is 42.5 Å². The first-order chi connectivity index (χ1) is 57.0. The molecular weight excluding hydrogens is 1610 g/mol. The fourth-order valence-corrected chi connectivity index (χ4v) is 15.3. The number of aliphatic hydroxyl groups is 6. The Hall–Kier alpha value is -11.3. The van der Waals surface area contributed by atoms with Crippen LogP contribution in [0.25, 0.3) is 22.3 Å². The number of halogens is 2. The number of aliphatic hydroxyl groups excluding tert-OH is 6. The Balaban J connectivity index is 1.01. The highest BCUT2D eigenvalue weighted by molar-refractivity contribution is 6.32. The standard InChI is InChI=1S/C82H89Cl2N9O27/c1-34(2)21-48(86-5)73(104)92-64-66(99)40-16-19-52(46(83)23-40)116-54-25-42-26-55(70(54)120-81-71(69(102)68(101)57(32-94)118-81)119-59-30-82(4,72(103)35(3)115-59)87-31-56(79(110)111)114-33-36-11-13-38(14-12-36)37-9-7-6-8-10-37)117-53-20-17-41(24-47(53)84)67(100)65-78(109)91-63(80(112)113)45-27-43(95)28-51(97)60(45)44-22-39(15-18-50(44)96)61(75(106)93-65)90-76(107)62(42)89-74(105)49(29-58(85)98)88-77(64)108/h6-20,22-28,34-35,48-49,56-57,59,61-69,71-72,81,86-87,94-97,99-103H,21,29-33H2,1-5H3,(H2,85,98)(H,88,108)(H,89,105)(H,90,107)(H,91,109)(H,92,104)(H,93,106)(H,110,111)(H,112,113)/t35?,48-,49+,56?,57?,59?,61?,62-,63-,64?,65+,66-,67-,68?,69?,71?,72?,81?,82?/m1/s1. The van der Waals surface area contributed by atoms with Gasteiger partial charge in [-0.05, 0) is 127 Å². The Morgan fingerprint density at radius 2 is 1.28 bits per heavy atom. The van der Waals surface area contributed by atoms with E-state index in [1.807, 2.05) is 56.3 Å². The molecule has 36 nitrogen and oxygen atoms in total. The monoisotopic (exact) mass is 1700 g/mol. The fraction of sp³-hybridized carbons (Fsp3) is 0.378. The van der Waals surface area contributed by atoms with E-state index < -0.39 is 261 Å². The molecule has 7 aliphatic rings. The molecule has 2 fully saturated rings. The van der Waals surface area contributed by atoms with Crippen LogP contribution in [0.4, 0.5) is 0 Å². The topological polar surface area (TPSA) is 563 Å². The van der Waals surface area contributed by atoms with Crippen molar-refractivity contribution in [2.45, 2.75) is 169 Å². The van der Waals surface area contributed by atoms with Crippen molar-refractivity contribution >= 4 is 76.5 Å². The molecular formula is C82H89Cl2N9O27. The summed E-state index contributed by atoms with van der Waals surface area (Å²) in [4.78, 5) is 131. The second-order valence-electron chi connectivity index (χ2n) is 30.2. The van der Waals surface area contributed by atoms with Gasteiger partial charge < -0.3 is 138 Å². The predicted molar refractivity (Wildman–Crippen MR) is 421 cm³/mol. The number of nitrogens with two attached hydrogens (primary N) is 1. The molecule has 7 aliphatic heterocycles. The summed E-state index contributed by atoms with van der Waals surface area (Å²) in [6.07, 6.45) is -21.4. The highest BCUT2D eigenvalue weighted by Crippen LogP contribution is 2.50. The molecule has 7 amide bonds. The van der Waals surface area contributed by atoms with Gasteiger partial charge in [-0.2, -0.15) is 0 Å². The van der Waals surface area contributed by atoms with Gasteiger partial charge in [-0.1, -0.05) is 110 Å². The lowest BCUT2D eigenvalue weighted by atomic mass is 9.84. The van der Waals surface area contributed by atoms with Gasteiger partial charge in [0.15, 0.2) is 36.0 Å². The Kier molecular flexibility index (Phi) is 27.2. The van der Waals surface area contributed by atoms with Crippen LogP contribution in [-0.2, 0) is 68.7 Å². The third-order valence-electron chi connectivity index (χ3n) is 21.2. The Morgan fingerprint density at radius 3 is 1.89 bits per heavy atom. The number of nitrogens with one attached hydrogen (secondary N) is 8. The molecule has 0 spiro atoms. The maximum atomic E-state index is 16.2. The molecule has 0 radical (unpaired) electrons. The number of rotatable bonds is 21. The number of benzene rings is 7. The van der Waals surface area contributed by atoms with E-state index in [1.165, 1.54) is 33.0 Å². The quantitative estimate of drug-likeness (QED) is 0.0491. The first-order valence-electron chi connectivity index (χ1n) is 37.9. The largest absolute Gasteiger partial charge is 0.508 e. The van der Waals surface area contributed by atoms with Gasteiger partial charge in [0, 0.05) is 41.3 Å². The number of carboxylic acids is 2. The van der Waals surface area contributed by atoms with Crippen molar-refractivity contribution in [3.8, 4) is 68.2 Å². The van der Waals surface area contributed by atoms with Gasteiger partial charge in [-0.25, -0.2) is 9.59 Å². The summed E-state index contributed by atoms with van der Waals surface area (Å²) < 4.78 is 45.2. The van der Waals surface area contributed by atoms with E-state index in [0.29, 0.717) is 5.56 Å². The van der Waals surface area contributed by atoms with E-state index in [0.717, 1.165) is 77.9 Å². The van der Waals surface area contributed by atoms with Crippen molar-refractivity contribution in [1.29, 1.82) is 0 Å². The number of carbonyl (C=O) groups excluding carboxylic acids is 7. The van der Waals surface area contributed by atoms with Crippen molar-refractivity contribution in [2.24, 2.45) is 11.7 Å². The van der Waals surface area contributed by atoms with E-state index in [4.69, 9.17) is 62.1 Å². The zero-order valence-electron chi connectivity index (χ0n) is 64.7. The van der Waals surface area contributed by atoms with E-state index in [1.54, 1.807) is 12.1 Å². The first-order valence-corrected chi connectivity index (χ1v) is 38.7. The van der Waals surface area contributed by atoms with Crippen LogP contribution in [0.2, 0.25) is 10.0 Å². The number of aliphatic carboxylic acids is 2. The van der Waals surface area contributed by atoms with Gasteiger partial charge in [0.1, 0.15) is 89.5 Å². The van der Waals surface area contributed by atoms with E-state index in [2.05, 4.69) is 42.5 Å². The molecule has 19 atom stereocenters. The molecule has 0 aliphatic carbocycles. The maximum absolute atomic E-state index is 16.2. The number of hydrogen-bond acceptors (Lipinski definition) is 27. The molecule has 0 saturated carbocycles. The minimum Gasteiger partial charge on any atom is -0.508 e. The van der Waals surface area contributed by atoms with Gasteiger partial charge in [0.25, 0.3) is 0 Å². The van der Waals surface area contributed by atoms with Crippen LogP contribution in [-0.4, -0.2) is 215 Å². The number of likely N-dealkylation sites (N-methyl/N-ethyl adjacent to an activating group) is 1. The highest BCUT2D eigenvalue weighted by atomic mass is 35.5. The molecule has 21 N–H and O–H groups in total. The summed E-state index contributed by atoms with van der Waals surface area (Å²) in [7, 11) is 1.46. The third-order valence-corrected chi connectivity index (χ3v) is 21.8. The number of carboxylic acid groups (broad SMARTS) is 2. The van der Waals surface area contributed by atoms with Crippen LogP contribution in [0.1, 0.15) is 111 Å². The minimum atomic E-state index is -2.40. The van der Waals surface area contributed by atoms with Crippen LogP contribution < -0.4 is 62.5 Å². The average Bonchev–Trinajstić information content (AvgIpc) is 0.768. The number of primary amides is 1. The third kappa shape index (κ3) is 19.4.